The number of allylic oxidation sites excluding steroid dienone is 1. The maximum absolute atomic E-state index is 5.69. The molecule has 0 spiro atoms. The van der Waals surface area contributed by atoms with E-state index in [4.69, 9.17) is 9.15 Å². The molecule has 102 valence electrons. The van der Waals surface area contributed by atoms with Crippen LogP contribution < -0.4 is 4.74 Å². The zero-order valence-corrected chi connectivity index (χ0v) is 12.2. The summed E-state index contributed by atoms with van der Waals surface area (Å²) in [5.41, 5.74) is 3.19. The molecule has 0 aliphatic carbocycles. The first-order chi connectivity index (χ1) is 9.78. The fraction of sp³-hybridized carbons (Fsp3) is 0.267. The van der Waals surface area contributed by atoms with Crippen LogP contribution in [0.1, 0.15) is 12.5 Å². The molecule has 4 rings (SSSR count). The Balaban J connectivity index is 1.95. The second kappa shape index (κ2) is 4.31. The van der Waals surface area contributed by atoms with Gasteiger partial charge < -0.3 is 14.1 Å². The fourth-order valence-electron chi connectivity index (χ4n) is 2.78. The van der Waals surface area contributed by atoms with Crippen molar-refractivity contribution >= 4 is 33.6 Å². The van der Waals surface area contributed by atoms with Crippen molar-refractivity contribution in [3.05, 3.63) is 34.9 Å². The lowest BCUT2D eigenvalue weighted by atomic mass is 10.1. The molecule has 20 heavy (non-hydrogen) atoms. The first-order valence-electron chi connectivity index (χ1n) is 6.54. The molecule has 0 fully saturated rings. The monoisotopic (exact) mass is 286 g/mol. The number of hydrogen-bond acceptors (Lipinski definition) is 5. The number of nitrogens with zero attached hydrogens (tertiary/aromatic N) is 2. The molecule has 1 aromatic heterocycles. The number of hydrogen-bond donors (Lipinski definition) is 0. The summed E-state index contributed by atoms with van der Waals surface area (Å²) in [5.74, 6) is 0.851. The van der Waals surface area contributed by atoms with E-state index in [-0.39, 0.29) is 0 Å². The van der Waals surface area contributed by atoms with Crippen molar-refractivity contribution in [2.45, 2.75) is 6.92 Å². The van der Waals surface area contributed by atoms with Crippen molar-refractivity contribution in [1.29, 1.82) is 0 Å². The maximum atomic E-state index is 5.69. The number of rotatable bonds is 2. The molecule has 0 atom stereocenters. The molecule has 5 heteroatoms. The van der Waals surface area contributed by atoms with Gasteiger partial charge in [0.15, 0.2) is 5.17 Å². The molecule has 0 radical (unpaired) electrons. The van der Waals surface area contributed by atoms with Crippen LogP contribution in [-0.2, 0) is 0 Å². The highest BCUT2D eigenvalue weighted by molar-refractivity contribution is 8.17. The molecule has 0 saturated heterocycles. The predicted molar refractivity (Wildman–Crippen MR) is 82.0 cm³/mol. The Kier molecular flexibility index (Phi) is 2.57. The van der Waals surface area contributed by atoms with Gasteiger partial charge in [0.1, 0.15) is 11.3 Å². The molecular weight excluding hydrogens is 272 g/mol. The van der Waals surface area contributed by atoms with E-state index < -0.39 is 0 Å². The van der Waals surface area contributed by atoms with Crippen LogP contribution in [0.4, 0.5) is 0 Å². The number of thioether (sulfide) groups is 1. The number of amidine groups is 1. The van der Waals surface area contributed by atoms with Crippen LogP contribution in [0.25, 0.3) is 16.7 Å². The van der Waals surface area contributed by atoms with Crippen LogP contribution in [0, 0.1) is 0 Å². The molecule has 2 aromatic rings. The Morgan fingerprint density at radius 2 is 2.30 bits per heavy atom. The van der Waals surface area contributed by atoms with Gasteiger partial charge in [0.05, 0.1) is 25.6 Å². The number of furan rings is 1. The van der Waals surface area contributed by atoms with E-state index in [9.17, 15) is 0 Å². The summed E-state index contributed by atoms with van der Waals surface area (Å²) < 4.78 is 11.1. The van der Waals surface area contributed by atoms with E-state index in [1.54, 1.807) is 25.1 Å². The summed E-state index contributed by atoms with van der Waals surface area (Å²) >= 11 is 1.74. The van der Waals surface area contributed by atoms with Crippen LogP contribution in [0.2, 0.25) is 0 Å². The molecule has 0 amide bonds. The lowest BCUT2D eigenvalue weighted by Gasteiger charge is -2.18. The van der Waals surface area contributed by atoms with Crippen LogP contribution in [0.5, 0.6) is 5.75 Å². The average molecular weight is 286 g/mol. The maximum Gasteiger partial charge on any atom is 0.168 e. The summed E-state index contributed by atoms with van der Waals surface area (Å²) in [6.45, 7) is 3.94. The van der Waals surface area contributed by atoms with Crippen LogP contribution in [-0.4, -0.2) is 30.3 Å². The molecule has 0 N–H and O–H groups in total. The van der Waals surface area contributed by atoms with E-state index >= 15 is 0 Å². The average Bonchev–Trinajstić information content (AvgIpc) is 3.12. The number of benzene rings is 1. The second-order valence-corrected chi connectivity index (χ2v) is 6.02. The fourth-order valence-corrected chi connectivity index (χ4v) is 3.82. The normalized spacial score (nSPS) is 17.9. The highest BCUT2D eigenvalue weighted by Crippen LogP contribution is 2.44. The predicted octanol–water partition coefficient (Wildman–Crippen LogP) is 3.55. The van der Waals surface area contributed by atoms with Gasteiger partial charge in [-0.25, -0.2) is 0 Å². The number of ether oxygens (including phenoxy) is 1. The molecule has 0 unspecified atom stereocenters. The van der Waals surface area contributed by atoms with E-state index in [2.05, 4.69) is 16.8 Å². The lowest BCUT2D eigenvalue weighted by Crippen LogP contribution is -2.20. The van der Waals surface area contributed by atoms with Crippen molar-refractivity contribution in [3.8, 4) is 5.75 Å². The molecule has 1 aromatic carbocycles. The molecule has 4 nitrogen and oxygen atoms in total. The summed E-state index contributed by atoms with van der Waals surface area (Å²) in [4.78, 5) is 8.07. The summed E-state index contributed by atoms with van der Waals surface area (Å²) in [6.07, 6.45) is 1.73. The van der Waals surface area contributed by atoms with Gasteiger partial charge in [-0.15, -0.1) is 0 Å². The quantitative estimate of drug-likeness (QED) is 0.846. The van der Waals surface area contributed by atoms with Crippen LogP contribution in [0.15, 0.2) is 38.8 Å². The highest BCUT2D eigenvalue weighted by Gasteiger charge is 2.32. The summed E-state index contributed by atoms with van der Waals surface area (Å²) in [5, 5.41) is 2.16. The van der Waals surface area contributed by atoms with Crippen molar-refractivity contribution in [2.75, 3.05) is 20.2 Å². The Bertz CT molecular complexity index is 760. The molecular formula is C15H14N2O2S. The minimum atomic E-state index is 0.851. The third-order valence-corrected chi connectivity index (χ3v) is 4.70. The zero-order chi connectivity index (χ0) is 13.7. The van der Waals surface area contributed by atoms with Crippen molar-refractivity contribution in [1.82, 2.24) is 4.90 Å². The molecule has 2 aliphatic rings. The van der Waals surface area contributed by atoms with Crippen molar-refractivity contribution in [3.63, 3.8) is 0 Å². The zero-order valence-electron chi connectivity index (χ0n) is 11.3. The van der Waals surface area contributed by atoms with Gasteiger partial charge in [-0.3, -0.25) is 4.99 Å². The third-order valence-electron chi connectivity index (χ3n) is 3.66. The number of aliphatic imine (C=N–C) groups is 1. The van der Waals surface area contributed by atoms with Gasteiger partial charge in [0, 0.05) is 22.4 Å². The van der Waals surface area contributed by atoms with Crippen LogP contribution >= 0.6 is 11.8 Å². The third kappa shape index (κ3) is 1.59. The first-order valence-corrected chi connectivity index (χ1v) is 7.36. The molecule has 3 heterocycles. The van der Waals surface area contributed by atoms with Gasteiger partial charge >= 0.3 is 0 Å². The SMILES string of the molecule is COc1cc(C2=C(C)SC3=NCCN32)c2occc2c1. The van der Waals surface area contributed by atoms with E-state index in [1.807, 2.05) is 18.2 Å². The highest BCUT2D eigenvalue weighted by atomic mass is 32.2. The summed E-state index contributed by atoms with van der Waals surface area (Å²) in [7, 11) is 1.69. The Hall–Kier alpha value is -1.88. The van der Waals surface area contributed by atoms with Gasteiger partial charge in [-0.05, 0) is 25.1 Å². The van der Waals surface area contributed by atoms with E-state index in [0.717, 1.165) is 40.5 Å². The minimum absolute atomic E-state index is 0.851. The Labute approximate surface area is 121 Å². The molecule has 2 aliphatic heterocycles. The molecule has 0 bridgehead atoms. The van der Waals surface area contributed by atoms with Gasteiger partial charge in [-0.1, -0.05) is 11.8 Å². The van der Waals surface area contributed by atoms with Crippen molar-refractivity contribution in [2.24, 2.45) is 4.99 Å². The lowest BCUT2D eigenvalue weighted by molar-refractivity contribution is 0.415. The minimum Gasteiger partial charge on any atom is -0.497 e. The van der Waals surface area contributed by atoms with Gasteiger partial charge in [0.2, 0.25) is 0 Å². The summed E-state index contributed by atoms with van der Waals surface area (Å²) in [6, 6.07) is 6.02. The van der Waals surface area contributed by atoms with Gasteiger partial charge in [0.25, 0.3) is 0 Å². The van der Waals surface area contributed by atoms with Crippen molar-refractivity contribution < 1.29 is 9.15 Å². The standard InChI is InChI=1S/C15H14N2O2S/c1-9-13(17-5-4-16-15(17)20-9)12-8-11(18-2)7-10-3-6-19-14(10)12/h3,6-8H,4-5H2,1-2H3. The second-order valence-electron chi connectivity index (χ2n) is 4.84. The first kappa shape index (κ1) is 11.9. The van der Waals surface area contributed by atoms with Gasteiger partial charge in [-0.2, -0.15) is 0 Å². The molecule has 0 saturated carbocycles. The number of fused-ring (bicyclic) bond motifs is 2. The number of methoxy groups -OCH3 is 1. The topological polar surface area (TPSA) is 38.0 Å². The largest absolute Gasteiger partial charge is 0.497 e. The Morgan fingerprint density at radius 3 is 3.15 bits per heavy atom. The van der Waals surface area contributed by atoms with E-state index in [0.29, 0.717) is 0 Å². The Morgan fingerprint density at radius 1 is 1.40 bits per heavy atom. The smallest absolute Gasteiger partial charge is 0.168 e. The van der Waals surface area contributed by atoms with E-state index in [1.165, 1.54) is 10.6 Å². The van der Waals surface area contributed by atoms with Crippen LogP contribution in [0.3, 0.4) is 0 Å².